The second-order valence-corrected chi connectivity index (χ2v) is 7.41. The van der Waals surface area contributed by atoms with Crippen LogP contribution in [0.4, 0.5) is 10.5 Å². The number of aliphatic hydroxyl groups excluding tert-OH is 1. The van der Waals surface area contributed by atoms with Crippen LogP contribution in [-0.4, -0.2) is 60.3 Å². The highest BCUT2D eigenvalue weighted by atomic mass is 16.3. The number of rotatable bonds is 7. The highest BCUT2D eigenvalue weighted by Crippen LogP contribution is 2.17. The van der Waals surface area contributed by atoms with E-state index in [1.54, 1.807) is 18.2 Å². The Kier molecular flexibility index (Phi) is 8.06. The Labute approximate surface area is 161 Å². The van der Waals surface area contributed by atoms with E-state index in [1.165, 1.54) is 0 Å². The predicted molar refractivity (Wildman–Crippen MR) is 107 cm³/mol. The van der Waals surface area contributed by atoms with Crippen molar-refractivity contribution in [3.05, 3.63) is 29.3 Å². The SMILES string of the molecule is Cc1cc(C(=O)NC(C)C)ccc1NC(=O)NCCN1CCCC[C@@H]1CO. The average Bonchev–Trinajstić information content (AvgIpc) is 2.63. The fourth-order valence-electron chi connectivity index (χ4n) is 3.33. The number of aryl methyl sites for hydroxylation is 1. The van der Waals surface area contributed by atoms with E-state index in [-0.39, 0.29) is 30.6 Å². The van der Waals surface area contributed by atoms with Gasteiger partial charge in [-0.1, -0.05) is 6.42 Å². The highest BCUT2D eigenvalue weighted by Gasteiger charge is 2.21. The average molecular weight is 377 g/mol. The molecule has 0 aliphatic carbocycles. The van der Waals surface area contributed by atoms with E-state index < -0.39 is 0 Å². The summed E-state index contributed by atoms with van der Waals surface area (Å²) in [4.78, 5) is 26.4. The van der Waals surface area contributed by atoms with Gasteiger partial charge in [0.2, 0.25) is 0 Å². The van der Waals surface area contributed by atoms with Crippen molar-refractivity contribution in [1.82, 2.24) is 15.5 Å². The summed E-state index contributed by atoms with van der Waals surface area (Å²) < 4.78 is 0. The number of nitrogens with zero attached hydrogens (tertiary/aromatic N) is 1. The maximum atomic E-state index is 12.2. The molecule has 0 aromatic heterocycles. The van der Waals surface area contributed by atoms with Gasteiger partial charge in [-0.25, -0.2) is 4.79 Å². The van der Waals surface area contributed by atoms with Crippen LogP contribution in [0.2, 0.25) is 0 Å². The molecular weight excluding hydrogens is 344 g/mol. The fourth-order valence-corrected chi connectivity index (χ4v) is 3.33. The first-order valence-corrected chi connectivity index (χ1v) is 9.72. The van der Waals surface area contributed by atoms with Gasteiger partial charge in [0.05, 0.1) is 6.61 Å². The number of carbonyl (C=O) groups is 2. The van der Waals surface area contributed by atoms with Crippen molar-refractivity contribution in [3.8, 4) is 0 Å². The molecule has 1 aromatic rings. The molecule has 1 aliphatic heterocycles. The Morgan fingerprint density at radius 1 is 1.30 bits per heavy atom. The van der Waals surface area contributed by atoms with Crippen molar-refractivity contribution < 1.29 is 14.7 Å². The molecule has 2 rings (SSSR count). The highest BCUT2D eigenvalue weighted by molar-refractivity contribution is 5.96. The van der Waals surface area contributed by atoms with Crippen molar-refractivity contribution in [2.75, 3.05) is 31.6 Å². The number of urea groups is 1. The van der Waals surface area contributed by atoms with E-state index in [0.29, 0.717) is 17.8 Å². The van der Waals surface area contributed by atoms with Crippen LogP contribution in [-0.2, 0) is 0 Å². The third-order valence-electron chi connectivity index (χ3n) is 4.80. The molecule has 7 heteroatoms. The van der Waals surface area contributed by atoms with Crippen LogP contribution < -0.4 is 16.0 Å². The van der Waals surface area contributed by atoms with Crippen molar-refractivity contribution in [3.63, 3.8) is 0 Å². The Balaban J connectivity index is 1.82. The van der Waals surface area contributed by atoms with Crippen molar-refractivity contribution in [2.24, 2.45) is 0 Å². The zero-order valence-corrected chi connectivity index (χ0v) is 16.5. The molecule has 1 fully saturated rings. The van der Waals surface area contributed by atoms with Crippen molar-refractivity contribution in [2.45, 2.75) is 52.1 Å². The lowest BCUT2D eigenvalue weighted by Crippen LogP contribution is -2.46. The summed E-state index contributed by atoms with van der Waals surface area (Å²) in [6.45, 7) is 8.08. The normalized spacial score (nSPS) is 17.6. The number of carbonyl (C=O) groups excluding carboxylic acids is 2. The summed E-state index contributed by atoms with van der Waals surface area (Å²) >= 11 is 0. The van der Waals surface area contributed by atoms with Gasteiger partial charge in [-0.05, 0) is 63.9 Å². The monoisotopic (exact) mass is 376 g/mol. The number of anilines is 1. The minimum absolute atomic E-state index is 0.0757. The molecule has 1 aromatic carbocycles. The van der Waals surface area contributed by atoms with Gasteiger partial charge in [-0.15, -0.1) is 0 Å². The number of nitrogens with one attached hydrogen (secondary N) is 3. The smallest absolute Gasteiger partial charge is 0.319 e. The standard InChI is InChI=1S/C20H32N4O3/c1-14(2)22-19(26)16-7-8-18(15(3)12-16)23-20(27)21-9-11-24-10-5-4-6-17(24)13-25/h7-8,12,14,17,25H,4-6,9-11,13H2,1-3H3,(H,22,26)(H2,21,23,27)/t17-/m1/s1. The summed E-state index contributed by atoms with van der Waals surface area (Å²) in [7, 11) is 0. The molecular formula is C20H32N4O3. The van der Waals surface area contributed by atoms with E-state index in [1.807, 2.05) is 20.8 Å². The van der Waals surface area contributed by atoms with Gasteiger partial charge < -0.3 is 21.1 Å². The second-order valence-electron chi connectivity index (χ2n) is 7.41. The Morgan fingerprint density at radius 2 is 2.07 bits per heavy atom. The van der Waals surface area contributed by atoms with E-state index >= 15 is 0 Å². The number of piperidine rings is 1. The maximum absolute atomic E-state index is 12.2. The molecule has 1 atom stereocenters. The van der Waals surface area contributed by atoms with Crippen LogP contribution in [0.5, 0.6) is 0 Å². The number of benzene rings is 1. The van der Waals surface area contributed by atoms with E-state index in [4.69, 9.17) is 0 Å². The molecule has 1 aliphatic rings. The molecule has 1 saturated heterocycles. The van der Waals surface area contributed by atoms with Gasteiger partial charge >= 0.3 is 6.03 Å². The van der Waals surface area contributed by atoms with Crippen LogP contribution in [0.25, 0.3) is 0 Å². The van der Waals surface area contributed by atoms with Crippen LogP contribution in [0.3, 0.4) is 0 Å². The lowest BCUT2D eigenvalue weighted by molar-refractivity contribution is 0.0917. The van der Waals surface area contributed by atoms with Gasteiger partial charge in [0.1, 0.15) is 0 Å². The molecule has 0 radical (unpaired) electrons. The summed E-state index contributed by atoms with van der Waals surface area (Å²) in [5.41, 5.74) is 2.09. The number of amides is 3. The van der Waals surface area contributed by atoms with Crippen LogP contribution >= 0.6 is 0 Å². The summed E-state index contributed by atoms with van der Waals surface area (Å²) in [5, 5.41) is 18.0. The zero-order valence-electron chi connectivity index (χ0n) is 16.5. The number of aliphatic hydroxyl groups is 1. The summed E-state index contributed by atoms with van der Waals surface area (Å²) in [6, 6.07) is 5.24. The van der Waals surface area contributed by atoms with Crippen molar-refractivity contribution >= 4 is 17.6 Å². The van der Waals surface area contributed by atoms with Crippen molar-refractivity contribution in [1.29, 1.82) is 0 Å². The largest absolute Gasteiger partial charge is 0.395 e. The first-order chi connectivity index (χ1) is 12.9. The predicted octanol–water partition coefficient (Wildman–Crippen LogP) is 2.10. The van der Waals surface area contributed by atoms with Crippen LogP contribution in [0.15, 0.2) is 18.2 Å². The van der Waals surface area contributed by atoms with E-state index in [9.17, 15) is 14.7 Å². The molecule has 0 unspecified atom stereocenters. The summed E-state index contributed by atoms with van der Waals surface area (Å²) in [5.74, 6) is -0.121. The number of hydrogen-bond acceptors (Lipinski definition) is 4. The molecule has 0 saturated carbocycles. The minimum Gasteiger partial charge on any atom is -0.395 e. The van der Waals surface area contributed by atoms with Gasteiger partial charge in [-0.2, -0.15) is 0 Å². The summed E-state index contributed by atoms with van der Waals surface area (Å²) in [6.07, 6.45) is 3.30. The second kappa shape index (κ2) is 10.3. The maximum Gasteiger partial charge on any atom is 0.319 e. The third-order valence-corrected chi connectivity index (χ3v) is 4.80. The lowest BCUT2D eigenvalue weighted by Gasteiger charge is -2.34. The van der Waals surface area contributed by atoms with Gasteiger partial charge in [0.15, 0.2) is 0 Å². The molecule has 3 amide bonds. The topological polar surface area (TPSA) is 93.7 Å². The van der Waals surface area contributed by atoms with E-state index in [0.717, 1.165) is 37.9 Å². The van der Waals surface area contributed by atoms with Gasteiger partial charge in [-0.3, -0.25) is 9.69 Å². The first-order valence-electron chi connectivity index (χ1n) is 9.72. The molecule has 0 spiro atoms. The van der Waals surface area contributed by atoms with Gasteiger partial charge in [0.25, 0.3) is 5.91 Å². The molecule has 27 heavy (non-hydrogen) atoms. The van der Waals surface area contributed by atoms with E-state index in [2.05, 4.69) is 20.9 Å². The molecule has 1 heterocycles. The van der Waals surface area contributed by atoms with Crippen LogP contribution in [0, 0.1) is 6.92 Å². The number of hydrogen-bond donors (Lipinski definition) is 4. The third kappa shape index (κ3) is 6.52. The quantitative estimate of drug-likeness (QED) is 0.586. The Bertz CT molecular complexity index is 648. The lowest BCUT2D eigenvalue weighted by atomic mass is 10.0. The first kappa shape index (κ1) is 21.2. The van der Waals surface area contributed by atoms with Gasteiger partial charge in [0, 0.05) is 36.4 Å². The molecule has 0 bridgehead atoms. The minimum atomic E-state index is -0.268. The van der Waals surface area contributed by atoms with Crippen LogP contribution in [0.1, 0.15) is 49.0 Å². The fraction of sp³-hybridized carbons (Fsp3) is 0.600. The Hall–Kier alpha value is -2.12. The molecule has 7 nitrogen and oxygen atoms in total. The Morgan fingerprint density at radius 3 is 2.74 bits per heavy atom. The zero-order chi connectivity index (χ0) is 19.8. The number of likely N-dealkylation sites (tertiary alicyclic amines) is 1. The molecule has 4 N–H and O–H groups in total. The molecule has 150 valence electrons.